The van der Waals surface area contributed by atoms with E-state index in [9.17, 15) is 0 Å². The lowest BCUT2D eigenvalue weighted by Crippen LogP contribution is -1.79. The highest BCUT2D eigenvalue weighted by molar-refractivity contribution is 9.09. The fraction of sp³-hybridized carbons (Fsp3) is 0.0833. The number of aromatic nitrogens is 1. The van der Waals surface area contributed by atoms with E-state index >= 15 is 0 Å². The van der Waals surface area contributed by atoms with Gasteiger partial charge in [0.05, 0.1) is 10.8 Å². The predicted molar refractivity (Wildman–Crippen MR) is 62.4 cm³/mol. The van der Waals surface area contributed by atoms with Crippen LogP contribution in [0.4, 0.5) is 0 Å². The monoisotopic (exact) mass is 245 g/mol. The molecule has 1 aromatic heterocycles. The van der Waals surface area contributed by atoms with Gasteiger partial charge in [0.25, 0.3) is 0 Å². The van der Waals surface area contributed by atoms with Crippen LogP contribution in [0.2, 0.25) is 0 Å². The van der Waals surface area contributed by atoms with Gasteiger partial charge in [-0.1, -0.05) is 33.8 Å². The quantitative estimate of drug-likeness (QED) is 0.514. The number of alkyl halides is 1. The van der Waals surface area contributed by atoms with E-state index in [4.69, 9.17) is 0 Å². The van der Waals surface area contributed by atoms with Crippen LogP contribution < -0.4 is 0 Å². The summed E-state index contributed by atoms with van der Waals surface area (Å²) in [6.45, 7) is 0. The van der Waals surface area contributed by atoms with Crippen molar-refractivity contribution in [1.29, 1.82) is 0 Å². The highest BCUT2D eigenvalue weighted by Gasteiger charge is 1.93. The molecule has 0 amide bonds. The summed E-state index contributed by atoms with van der Waals surface area (Å²) in [5, 5.41) is 1.84. The van der Waals surface area contributed by atoms with Crippen molar-refractivity contribution in [3.05, 3.63) is 42.1 Å². The van der Waals surface area contributed by atoms with Crippen LogP contribution in [0, 0.1) is 11.8 Å². The zero-order valence-corrected chi connectivity index (χ0v) is 9.08. The normalized spacial score (nSPS) is 9.50. The van der Waals surface area contributed by atoms with Crippen LogP contribution in [0.5, 0.6) is 0 Å². The molecule has 2 heteroatoms. The van der Waals surface area contributed by atoms with Crippen molar-refractivity contribution in [2.24, 2.45) is 0 Å². The van der Waals surface area contributed by atoms with Crippen molar-refractivity contribution >= 4 is 26.8 Å². The first-order valence-electron chi connectivity index (χ1n) is 4.30. The molecule has 1 nitrogen and oxygen atoms in total. The van der Waals surface area contributed by atoms with Gasteiger partial charge in [0.2, 0.25) is 0 Å². The second-order valence-corrected chi connectivity index (χ2v) is 3.41. The van der Waals surface area contributed by atoms with E-state index in [-0.39, 0.29) is 0 Å². The number of halogens is 1. The average Bonchev–Trinajstić information content (AvgIpc) is 2.26. The molecule has 0 aliphatic heterocycles. The number of hydrogen-bond acceptors (Lipinski definition) is 1. The maximum absolute atomic E-state index is 4.25. The highest BCUT2D eigenvalue weighted by Crippen LogP contribution is 2.12. The van der Waals surface area contributed by atoms with Crippen LogP contribution in [0.1, 0.15) is 5.56 Å². The first kappa shape index (κ1) is 9.23. The molecule has 0 aliphatic rings. The van der Waals surface area contributed by atoms with Gasteiger partial charge in [-0.15, -0.1) is 0 Å². The largest absolute Gasteiger partial charge is 0.256 e. The van der Waals surface area contributed by atoms with Gasteiger partial charge in [-0.05, 0) is 24.3 Å². The molecule has 0 saturated heterocycles. The molecule has 68 valence electrons. The molecule has 1 aromatic carbocycles. The van der Waals surface area contributed by atoms with Crippen molar-refractivity contribution in [2.75, 3.05) is 5.33 Å². The van der Waals surface area contributed by atoms with E-state index in [0.29, 0.717) is 5.33 Å². The first-order chi connectivity index (χ1) is 6.90. The third kappa shape index (κ3) is 1.94. The maximum Gasteiger partial charge on any atom is 0.0702 e. The van der Waals surface area contributed by atoms with Crippen LogP contribution in [0.15, 0.2) is 36.5 Å². The van der Waals surface area contributed by atoms with Gasteiger partial charge in [0.1, 0.15) is 0 Å². The molecular weight excluding hydrogens is 238 g/mol. The third-order valence-electron chi connectivity index (χ3n) is 1.90. The number of nitrogens with zero attached hydrogens (tertiary/aromatic N) is 1. The van der Waals surface area contributed by atoms with E-state index < -0.39 is 0 Å². The van der Waals surface area contributed by atoms with E-state index in [2.05, 4.69) is 38.8 Å². The SMILES string of the molecule is BrCC#Cc1ccc2ncccc2c1. The van der Waals surface area contributed by atoms with Gasteiger partial charge < -0.3 is 0 Å². The van der Waals surface area contributed by atoms with Crippen molar-refractivity contribution in [2.45, 2.75) is 0 Å². The van der Waals surface area contributed by atoms with Crippen molar-refractivity contribution in [3.8, 4) is 11.8 Å². The Morgan fingerprint density at radius 1 is 1.29 bits per heavy atom. The second-order valence-electron chi connectivity index (χ2n) is 2.85. The molecule has 0 N–H and O–H groups in total. The average molecular weight is 246 g/mol. The molecule has 0 bridgehead atoms. The summed E-state index contributed by atoms with van der Waals surface area (Å²) in [4.78, 5) is 4.25. The molecule has 1 heterocycles. The number of benzene rings is 1. The van der Waals surface area contributed by atoms with Crippen molar-refractivity contribution < 1.29 is 0 Å². The van der Waals surface area contributed by atoms with Crippen molar-refractivity contribution in [1.82, 2.24) is 4.98 Å². The van der Waals surface area contributed by atoms with Gasteiger partial charge in [0, 0.05) is 17.1 Å². The Labute approximate surface area is 91.3 Å². The Balaban J connectivity index is 2.51. The minimum Gasteiger partial charge on any atom is -0.256 e. The number of hydrogen-bond donors (Lipinski definition) is 0. The summed E-state index contributed by atoms with van der Waals surface area (Å²) >= 11 is 3.27. The van der Waals surface area contributed by atoms with Gasteiger partial charge in [-0.3, -0.25) is 4.98 Å². The molecule has 0 atom stereocenters. The fourth-order valence-corrected chi connectivity index (χ4v) is 1.43. The standard InChI is InChI=1S/C12H8BrN/c13-7-1-3-10-5-6-12-11(9-10)4-2-8-14-12/h2,4-6,8-9H,7H2. The molecule has 0 saturated carbocycles. The van der Waals surface area contributed by atoms with E-state index in [1.165, 1.54) is 0 Å². The zero-order chi connectivity index (χ0) is 9.80. The summed E-state index contributed by atoms with van der Waals surface area (Å²) < 4.78 is 0. The van der Waals surface area contributed by atoms with E-state index in [1.807, 2.05) is 24.3 Å². The Morgan fingerprint density at radius 2 is 2.21 bits per heavy atom. The van der Waals surface area contributed by atoms with Gasteiger partial charge in [-0.2, -0.15) is 0 Å². The maximum atomic E-state index is 4.25. The summed E-state index contributed by atoms with van der Waals surface area (Å²) in [7, 11) is 0. The number of pyridine rings is 1. The molecule has 0 fully saturated rings. The predicted octanol–water partition coefficient (Wildman–Crippen LogP) is 2.98. The topological polar surface area (TPSA) is 12.9 Å². The van der Waals surface area contributed by atoms with Gasteiger partial charge >= 0.3 is 0 Å². The Morgan fingerprint density at radius 3 is 3.07 bits per heavy atom. The molecular formula is C12H8BrN. The Bertz CT molecular complexity index is 508. The highest BCUT2D eigenvalue weighted by atomic mass is 79.9. The zero-order valence-electron chi connectivity index (χ0n) is 7.50. The summed E-state index contributed by atoms with van der Waals surface area (Å²) in [5.41, 5.74) is 2.04. The van der Waals surface area contributed by atoms with E-state index in [0.717, 1.165) is 16.5 Å². The molecule has 2 rings (SSSR count). The molecule has 0 unspecified atom stereocenters. The first-order valence-corrected chi connectivity index (χ1v) is 5.42. The van der Waals surface area contributed by atoms with Gasteiger partial charge in [-0.25, -0.2) is 0 Å². The lowest BCUT2D eigenvalue weighted by Gasteiger charge is -1.96. The van der Waals surface area contributed by atoms with Crippen LogP contribution in [-0.2, 0) is 0 Å². The van der Waals surface area contributed by atoms with Gasteiger partial charge in [0.15, 0.2) is 0 Å². The summed E-state index contributed by atoms with van der Waals surface area (Å²) in [5.74, 6) is 6.04. The van der Waals surface area contributed by atoms with Crippen LogP contribution >= 0.6 is 15.9 Å². The second kappa shape index (κ2) is 4.26. The molecule has 0 aliphatic carbocycles. The lowest BCUT2D eigenvalue weighted by atomic mass is 10.1. The van der Waals surface area contributed by atoms with Crippen LogP contribution in [0.3, 0.4) is 0 Å². The summed E-state index contributed by atoms with van der Waals surface area (Å²) in [6, 6.07) is 10.0. The number of fused-ring (bicyclic) bond motifs is 1. The summed E-state index contributed by atoms with van der Waals surface area (Å²) in [6.07, 6.45) is 1.80. The molecule has 0 spiro atoms. The molecule has 14 heavy (non-hydrogen) atoms. The minimum absolute atomic E-state index is 0.706. The minimum atomic E-state index is 0.706. The third-order valence-corrected chi connectivity index (χ3v) is 2.18. The Kier molecular flexibility index (Phi) is 2.81. The Hall–Kier alpha value is -1.33. The molecule has 2 aromatic rings. The smallest absolute Gasteiger partial charge is 0.0702 e. The number of rotatable bonds is 0. The van der Waals surface area contributed by atoms with Crippen LogP contribution in [0.25, 0.3) is 10.9 Å². The fourth-order valence-electron chi connectivity index (χ4n) is 1.29. The van der Waals surface area contributed by atoms with E-state index in [1.54, 1.807) is 6.20 Å². The van der Waals surface area contributed by atoms with Crippen molar-refractivity contribution in [3.63, 3.8) is 0 Å². The van der Waals surface area contributed by atoms with Crippen LogP contribution in [-0.4, -0.2) is 10.3 Å². The molecule has 0 radical (unpaired) electrons. The lowest BCUT2D eigenvalue weighted by molar-refractivity contribution is 1.41.